The molecule has 0 fully saturated rings. The van der Waals surface area contributed by atoms with E-state index in [4.69, 9.17) is 18.9 Å². The summed E-state index contributed by atoms with van der Waals surface area (Å²) in [6.45, 7) is 4.39. The molecule has 3 aromatic carbocycles. The van der Waals surface area contributed by atoms with Crippen LogP contribution in [0.3, 0.4) is 0 Å². The SMILES string of the molecule is COc1cccc(/C=C2\Oc3c(ccc(OCc4ccc(C)cc4)c3C)C2=O)c1OC. The summed E-state index contributed by atoms with van der Waals surface area (Å²) in [5.41, 5.74) is 4.29. The fraction of sp³-hybridized carbons (Fsp3) is 0.192. The molecule has 1 aliphatic rings. The lowest BCUT2D eigenvalue weighted by molar-refractivity contribution is 0.101. The zero-order valence-corrected chi connectivity index (χ0v) is 18.0. The van der Waals surface area contributed by atoms with Crippen molar-refractivity contribution in [2.24, 2.45) is 0 Å². The van der Waals surface area contributed by atoms with E-state index in [9.17, 15) is 4.79 Å². The van der Waals surface area contributed by atoms with Gasteiger partial charge in [0.15, 0.2) is 17.3 Å². The van der Waals surface area contributed by atoms with Crippen molar-refractivity contribution in [3.05, 3.63) is 88.2 Å². The number of benzene rings is 3. The van der Waals surface area contributed by atoms with Gasteiger partial charge < -0.3 is 18.9 Å². The van der Waals surface area contributed by atoms with Crippen LogP contribution in [-0.2, 0) is 6.61 Å². The van der Waals surface area contributed by atoms with Crippen LogP contribution in [-0.4, -0.2) is 20.0 Å². The van der Waals surface area contributed by atoms with E-state index in [1.807, 2.05) is 37.3 Å². The summed E-state index contributed by atoms with van der Waals surface area (Å²) >= 11 is 0. The summed E-state index contributed by atoms with van der Waals surface area (Å²) < 4.78 is 22.8. The maximum Gasteiger partial charge on any atom is 0.231 e. The molecule has 4 rings (SSSR count). The molecule has 0 unspecified atom stereocenters. The molecule has 0 aromatic heterocycles. The van der Waals surface area contributed by atoms with Crippen LogP contribution in [0, 0.1) is 13.8 Å². The van der Waals surface area contributed by atoms with Crippen molar-refractivity contribution < 1.29 is 23.7 Å². The summed E-state index contributed by atoms with van der Waals surface area (Å²) in [5.74, 6) is 2.41. The average molecular weight is 416 g/mol. The van der Waals surface area contributed by atoms with Crippen molar-refractivity contribution in [1.82, 2.24) is 0 Å². The Morgan fingerprint density at radius 3 is 2.39 bits per heavy atom. The second kappa shape index (κ2) is 8.56. The molecule has 31 heavy (non-hydrogen) atoms. The number of ketones is 1. The zero-order valence-electron chi connectivity index (χ0n) is 18.0. The molecule has 0 spiro atoms. The van der Waals surface area contributed by atoms with E-state index in [-0.39, 0.29) is 11.5 Å². The first-order valence-electron chi connectivity index (χ1n) is 9.99. The molecule has 158 valence electrons. The Hall–Kier alpha value is -3.73. The first-order valence-corrected chi connectivity index (χ1v) is 9.99. The smallest absolute Gasteiger partial charge is 0.231 e. The fourth-order valence-electron chi connectivity index (χ4n) is 3.54. The highest BCUT2D eigenvalue weighted by Gasteiger charge is 2.30. The second-order valence-corrected chi connectivity index (χ2v) is 7.36. The molecule has 5 heteroatoms. The molecule has 0 saturated carbocycles. The van der Waals surface area contributed by atoms with Gasteiger partial charge in [0, 0.05) is 11.1 Å². The van der Waals surface area contributed by atoms with Gasteiger partial charge in [-0.3, -0.25) is 4.79 Å². The van der Waals surface area contributed by atoms with Crippen LogP contribution < -0.4 is 18.9 Å². The Kier molecular flexibility index (Phi) is 5.67. The third kappa shape index (κ3) is 3.99. The van der Waals surface area contributed by atoms with Crippen LogP contribution in [0.5, 0.6) is 23.0 Å². The fourth-order valence-corrected chi connectivity index (χ4v) is 3.54. The molecule has 0 atom stereocenters. The summed E-state index contributed by atoms with van der Waals surface area (Å²) in [4.78, 5) is 12.9. The standard InChI is InChI=1S/C26H24O5/c1-16-8-10-18(11-9-16)15-30-21-13-12-20-24(27)23(31-25(20)17(21)2)14-19-6-5-7-22(28-3)26(19)29-4/h5-14H,15H2,1-4H3/b23-14-. The van der Waals surface area contributed by atoms with E-state index in [1.54, 1.807) is 32.4 Å². The number of carbonyl (C=O) groups is 1. The lowest BCUT2D eigenvalue weighted by Gasteiger charge is -2.12. The van der Waals surface area contributed by atoms with Gasteiger partial charge in [-0.25, -0.2) is 0 Å². The van der Waals surface area contributed by atoms with E-state index in [2.05, 4.69) is 19.1 Å². The Morgan fingerprint density at radius 1 is 0.903 bits per heavy atom. The van der Waals surface area contributed by atoms with Crippen LogP contribution in [0.2, 0.25) is 0 Å². The Morgan fingerprint density at radius 2 is 1.68 bits per heavy atom. The molecule has 1 aliphatic heterocycles. The van der Waals surface area contributed by atoms with Crippen molar-refractivity contribution in [2.45, 2.75) is 20.5 Å². The highest BCUT2D eigenvalue weighted by molar-refractivity contribution is 6.15. The highest BCUT2D eigenvalue weighted by Crippen LogP contribution is 2.40. The summed E-state index contributed by atoms with van der Waals surface area (Å²) in [7, 11) is 3.14. The Balaban J connectivity index is 1.60. The third-order valence-electron chi connectivity index (χ3n) is 5.27. The van der Waals surface area contributed by atoms with E-state index in [0.717, 1.165) is 11.1 Å². The topological polar surface area (TPSA) is 54.0 Å². The zero-order chi connectivity index (χ0) is 22.0. The third-order valence-corrected chi connectivity index (χ3v) is 5.27. The van der Waals surface area contributed by atoms with Crippen LogP contribution in [0.25, 0.3) is 6.08 Å². The van der Waals surface area contributed by atoms with E-state index in [1.165, 1.54) is 5.56 Å². The molecule has 5 nitrogen and oxygen atoms in total. The number of hydrogen-bond donors (Lipinski definition) is 0. The molecule has 0 amide bonds. The molecule has 0 bridgehead atoms. The number of methoxy groups -OCH3 is 2. The largest absolute Gasteiger partial charge is 0.493 e. The van der Waals surface area contributed by atoms with Crippen LogP contribution in [0.1, 0.15) is 32.6 Å². The monoisotopic (exact) mass is 416 g/mol. The molecule has 1 heterocycles. The number of rotatable bonds is 6. The Bertz CT molecular complexity index is 1160. The van der Waals surface area contributed by atoms with E-state index < -0.39 is 0 Å². The quantitative estimate of drug-likeness (QED) is 0.496. The van der Waals surface area contributed by atoms with Crippen molar-refractivity contribution in [1.29, 1.82) is 0 Å². The van der Waals surface area contributed by atoms with Gasteiger partial charge in [0.25, 0.3) is 0 Å². The van der Waals surface area contributed by atoms with Crippen LogP contribution >= 0.6 is 0 Å². The van der Waals surface area contributed by atoms with Crippen LogP contribution in [0.4, 0.5) is 0 Å². The first kappa shape index (κ1) is 20.5. The molecule has 3 aromatic rings. The minimum Gasteiger partial charge on any atom is -0.493 e. The van der Waals surface area contributed by atoms with Gasteiger partial charge in [-0.15, -0.1) is 0 Å². The van der Waals surface area contributed by atoms with Crippen LogP contribution in [0.15, 0.2) is 60.4 Å². The number of para-hydroxylation sites is 1. The summed E-state index contributed by atoms with van der Waals surface area (Å²) in [6, 6.07) is 17.2. The number of fused-ring (bicyclic) bond motifs is 1. The van der Waals surface area contributed by atoms with Crippen molar-refractivity contribution in [3.63, 3.8) is 0 Å². The molecule has 0 saturated heterocycles. The average Bonchev–Trinajstić information content (AvgIpc) is 3.10. The van der Waals surface area contributed by atoms with Gasteiger partial charge in [0.05, 0.1) is 19.8 Å². The van der Waals surface area contributed by atoms with Gasteiger partial charge in [0.2, 0.25) is 5.78 Å². The van der Waals surface area contributed by atoms with Gasteiger partial charge in [-0.2, -0.15) is 0 Å². The minimum atomic E-state index is -0.173. The van der Waals surface area contributed by atoms with Gasteiger partial charge in [-0.1, -0.05) is 42.0 Å². The maximum atomic E-state index is 12.9. The molecular formula is C26H24O5. The predicted molar refractivity (Wildman–Crippen MR) is 119 cm³/mol. The molecule has 0 N–H and O–H groups in total. The maximum absolute atomic E-state index is 12.9. The molecule has 0 aliphatic carbocycles. The second-order valence-electron chi connectivity index (χ2n) is 7.36. The lowest BCUT2D eigenvalue weighted by atomic mass is 10.1. The molecular weight excluding hydrogens is 392 g/mol. The summed E-state index contributed by atoms with van der Waals surface area (Å²) in [5, 5.41) is 0. The van der Waals surface area contributed by atoms with Gasteiger partial charge in [-0.05, 0) is 43.7 Å². The first-order chi connectivity index (χ1) is 15.0. The molecule has 0 radical (unpaired) electrons. The number of ether oxygens (including phenoxy) is 4. The number of Topliss-reactive ketones (excluding diaryl/α,β-unsaturated/α-hetero) is 1. The number of hydrogen-bond acceptors (Lipinski definition) is 5. The minimum absolute atomic E-state index is 0.173. The predicted octanol–water partition coefficient (Wildman–Crippen LogP) is 5.52. The number of aryl methyl sites for hydroxylation is 1. The normalized spacial score (nSPS) is 13.7. The number of carbonyl (C=O) groups excluding carboxylic acids is 1. The van der Waals surface area contributed by atoms with Crippen molar-refractivity contribution >= 4 is 11.9 Å². The van der Waals surface area contributed by atoms with Crippen molar-refractivity contribution in [2.75, 3.05) is 14.2 Å². The Labute approximate surface area is 181 Å². The van der Waals surface area contributed by atoms with Gasteiger partial charge >= 0.3 is 0 Å². The number of allylic oxidation sites excluding steroid dienone is 1. The lowest BCUT2D eigenvalue weighted by Crippen LogP contribution is -1.99. The van der Waals surface area contributed by atoms with E-state index >= 15 is 0 Å². The van der Waals surface area contributed by atoms with Gasteiger partial charge in [0.1, 0.15) is 18.1 Å². The summed E-state index contributed by atoms with van der Waals surface area (Å²) in [6.07, 6.45) is 1.68. The van der Waals surface area contributed by atoms with Crippen molar-refractivity contribution in [3.8, 4) is 23.0 Å². The highest BCUT2D eigenvalue weighted by atomic mass is 16.5. The van der Waals surface area contributed by atoms with E-state index in [0.29, 0.717) is 40.7 Å².